The number of hydrogen-bond acceptors (Lipinski definition) is 2. The molecule has 0 radical (unpaired) electrons. The summed E-state index contributed by atoms with van der Waals surface area (Å²) in [4.78, 5) is 11.2. The van der Waals surface area contributed by atoms with Crippen LogP contribution in [0, 0.1) is 5.92 Å². The summed E-state index contributed by atoms with van der Waals surface area (Å²) in [6, 6.07) is 18.4. The molecule has 0 saturated carbocycles. The van der Waals surface area contributed by atoms with Gasteiger partial charge in [0.2, 0.25) is 0 Å². The zero-order valence-corrected chi connectivity index (χ0v) is 16.7. The summed E-state index contributed by atoms with van der Waals surface area (Å²) in [6.45, 7) is 0.324. The number of alkyl halides is 3. The number of carboxylic acids is 1. The molecule has 1 atom stereocenters. The Labute approximate surface area is 178 Å². The predicted molar refractivity (Wildman–Crippen MR) is 111 cm³/mol. The van der Waals surface area contributed by atoms with Gasteiger partial charge in [-0.3, -0.25) is 4.79 Å². The van der Waals surface area contributed by atoms with E-state index in [1.807, 2.05) is 42.5 Å². The van der Waals surface area contributed by atoms with E-state index in [2.05, 4.69) is 0 Å². The molecule has 3 aromatic rings. The van der Waals surface area contributed by atoms with Crippen LogP contribution in [0.4, 0.5) is 13.2 Å². The van der Waals surface area contributed by atoms with Crippen molar-refractivity contribution in [3.05, 3.63) is 89.0 Å². The lowest BCUT2D eigenvalue weighted by Gasteiger charge is -2.22. The van der Waals surface area contributed by atoms with Crippen molar-refractivity contribution < 1.29 is 27.8 Å². The van der Waals surface area contributed by atoms with Crippen molar-refractivity contribution in [2.45, 2.75) is 32.0 Å². The number of carboxylic acid groups (broad SMARTS) is 1. The van der Waals surface area contributed by atoms with Crippen LogP contribution in [0.15, 0.2) is 66.7 Å². The van der Waals surface area contributed by atoms with Gasteiger partial charge >= 0.3 is 12.1 Å². The maximum Gasteiger partial charge on any atom is 0.416 e. The molecule has 1 aliphatic rings. The molecule has 4 rings (SSSR count). The summed E-state index contributed by atoms with van der Waals surface area (Å²) in [6.07, 6.45) is -2.47. The molecule has 3 aromatic carbocycles. The van der Waals surface area contributed by atoms with Gasteiger partial charge in [0.1, 0.15) is 12.4 Å². The van der Waals surface area contributed by atoms with Crippen molar-refractivity contribution >= 4 is 5.97 Å². The van der Waals surface area contributed by atoms with Crippen LogP contribution in [0.3, 0.4) is 0 Å². The molecule has 160 valence electrons. The number of rotatable bonds is 5. The van der Waals surface area contributed by atoms with Gasteiger partial charge < -0.3 is 9.84 Å². The van der Waals surface area contributed by atoms with Gasteiger partial charge in [0.05, 0.1) is 11.5 Å². The zero-order valence-electron chi connectivity index (χ0n) is 16.7. The number of aliphatic carboxylic acids is 1. The van der Waals surface area contributed by atoms with E-state index in [1.165, 1.54) is 12.1 Å². The molecule has 0 aromatic heterocycles. The van der Waals surface area contributed by atoms with E-state index >= 15 is 0 Å². The average molecular weight is 426 g/mol. The van der Waals surface area contributed by atoms with Crippen LogP contribution in [0.1, 0.15) is 28.7 Å². The monoisotopic (exact) mass is 426 g/mol. The lowest BCUT2D eigenvalue weighted by molar-refractivity contribution is -0.142. The standard InChI is InChI=1S/C25H21F3O3/c26-25(27,28)22-9-6-17(7-10-22)18-3-1-2-16(12-18)15-31-23-11-8-19-13-21(24(29)30)5-4-20(19)14-23/h1-3,6-12,14,21H,4-5,13,15H2,(H,29,30). The van der Waals surface area contributed by atoms with E-state index in [9.17, 15) is 23.1 Å². The minimum absolute atomic E-state index is 0.324. The van der Waals surface area contributed by atoms with Crippen LogP contribution in [0.2, 0.25) is 0 Å². The van der Waals surface area contributed by atoms with Crippen LogP contribution >= 0.6 is 0 Å². The maximum absolute atomic E-state index is 12.8. The molecule has 1 unspecified atom stereocenters. The summed E-state index contributed by atoms with van der Waals surface area (Å²) in [5.74, 6) is -0.362. The first-order valence-electron chi connectivity index (χ1n) is 10.0. The van der Waals surface area contributed by atoms with E-state index in [4.69, 9.17) is 4.74 Å². The van der Waals surface area contributed by atoms with Gasteiger partial charge in [-0.1, -0.05) is 36.4 Å². The highest BCUT2D eigenvalue weighted by atomic mass is 19.4. The first-order valence-corrected chi connectivity index (χ1v) is 10.0. The smallest absolute Gasteiger partial charge is 0.416 e. The number of carbonyl (C=O) groups is 1. The Bertz CT molecular complexity index is 1090. The number of ether oxygens (including phenoxy) is 1. The van der Waals surface area contributed by atoms with Crippen LogP contribution in [0.5, 0.6) is 5.75 Å². The van der Waals surface area contributed by atoms with Crippen molar-refractivity contribution in [1.29, 1.82) is 0 Å². The number of hydrogen-bond donors (Lipinski definition) is 1. The van der Waals surface area contributed by atoms with E-state index in [1.54, 1.807) is 0 Å². The maximum atomic E-state index is 12.8. The topological polar surface area (TPSA) is 46.5 Å². The molecule has 3 nitrogen and oxygen atoms in total. The molecule has 0 aliphatic heterocycles. The second kappa shape index (κ2) is 8.46. The third-order valence-corrected chi connectivity index (χ3v) is 5.63. The SMILES string of the molecule is O=C(O)C1CCc2cc(OCc3cccc(-c4ccc(C(F)(F)F)cc4)c3)ccc2C1. The van der Waals surface area contributed by atoms with E-state index in [0.717, 1.165) is 34.4 Å². The second-order valence-corrected chi connectivity index (χ2v) is 7.77. The van der Waals surface area contributed by atoms with Crippen LogP contribution in [-0.4, -0.2) is 11.1 Å². The van der Waals surface area contributed by atoms with E-state index < -0.39 is 17.7 Å². The summed E-state index contributed by atoms with van der Waals surface area (Å²) in [5.41, 5.74) is 3.93. The number of halogens is 3. The van der Waals surface area contributed by atoms with Crippen molar-refractivity contribution in [1.82, 2.24) is 0 Å². The number of fused-ring (bicyclic) bond motifs is 1. The molecule has 31 heavy (non-hydrogen) atoms. The predicted octanol–water partition coefficient (Wildman–Crippen LogP) is 6.14. The Balaban J connectivity index is 1.44. The Morgan fingerprint density at radius 1 is 0.968 bits per heavy atom. The quantitative estimate of drug-likeness (QED) is 0.533. The largest absolute Gasteiger partial charge is 0.489 e. The minimum atomic E-state index is -4.35. The zero-order chi connectivity index (χ0) is 22.0. The van der Waals surface area contributed by atoms with Gasteiger partial charge in [-0.05, 0) is 77.4 Å². The van der Waals surface area contributed by atoms with E-state index in [-0.39, 0.29) is 5.92 Å². The third-order valence-electron chi connectivity index (χ3n) is 5.63. The molecule has 0 amide bonds. The molecular weight excluding hydrogens is 405 g/mol. The van der Waals surface area contributed by atoms with Crippen molar-refractivity contribution in [3.63, 3.8) is 0 Å². The fourth-order valence-electron chi connectivity index (χ4n) is 3.89. The fourth-order valence-corrected chi connectivity index (χ4v) is 3.89. The molecule has 0 spiro atoms. The summed E-state index contributed by atoms with van der Waals surface area (Å²) in [5, 5.41) is 9.21. The van der Waals surface area contributed by atoms with Gasteiger partial charge in [-0.2, -0.15) is 13.2 Å². The second-order valence-electron chi connectivity index (χ2n) is 7.77. The van der Waals surface area contributed by atoms with Gasteiger partial charge in [-0.25, -0.2) is 0 Å². The molecule has 0 heterocycles. The summed E-state index contributed by atoms with van der Waals surface area (Å²) >= 11 is 0. The van der Waals surface area contributed by atoms with Gasteiger partial charge in [0.15, 0.2) is 0 Å². The molecule has 1 aliphatic carbocycles. The fraction of sp³-hybridized carbons (Fsp3) is 0.240. The molecule has 1 N–H and O–H groups in total. The average Bonchev–Trinajstić information content (AvgIpc) is 2.77. The summed E-state index contributed by atoms with van der Waals surface area (Å²) < 4.78 is 44.2. The van der Waals surface area contributed by atoms with Crippen LogP contribution < -0.4 is 4.74 Å². The Morgan fingerprint density at radius 2 is 1.74 bits per heavy atom. The molecule has 0 fully saturated rings. The van der Waals surface area contributed by atoms with Gasteiger partial charge in [0, 0.05) is 0 Å². The molecule has 0 bridgehead atoms. The lowest BCUT2D eigenvalue weighted by atomic mass is 9.84. The Morgan fingerprint density at radius 3 is 2.45 bits per heavy atom. The highest BCUT2D eigenvalue weighted by Gasteiger charge is 2.30. The molecular formula is C25H21F3O3. The summed E-state index contributed by atoms with van der Waals surface area (Å²) in [7, 11) is 0. The molecule has 0 saturated heterocycles. The van der Waals surface area contributed by atoms with Crippen molar-refractivity contribution in [2.75, 3.05) is 0 Å². The third kappa shape index (κ3) is 4.90. The minimum Gasteiger partial charge on any atom is -0.489 e. The number of aryl methyl sites for hydroxylation is 1. The molecule has 6 heteroatoms. The highest BCUT2D eigenvalue weighted by molar-refractivity contribution is 5.71. The van der Waals surface area contributed by atoms with Gasteiger partial charge in [0.25, 0.3) is 0 Å². The van der Waals surface area contributed by atoms with Gasteiger partial charge in [-0.15, -0.1) is 0 Å². The normalized spacial score (nSPS) is 15.9. The number of benzene rings is 3. The van der Waals surface area contributed by atoms with Crippen molar-refractivity contribution in [3.8, 4) is 16.9 Å². The first kappa shape index (κ1) is 21.0. The Hall–Kier alpha value is -3.28. The first-order chi connectivity index (χ1) is 14.8. The van der Waals surface area contributed by atoms with Crippen molar-refractivity contribution in [2.24, 2.45) is 5.92 Å². The lowest BCUT2D eigenvalue weighted by Crippen LogP contribution is -2.22. The van der Waals surface area contributed by atoms with Crippen LogP contribution in [0.25, 0.3) is 11.1 Å². The van der Waals surface area contributed by atoms with E-state index in [0.29, 0.717) is 37.2 Å². The van der Waals surface area contributed by atoms with Crippen LogP contribution in [-0.2, 0) is 30.4 Å². The Kier molecular flexibility index (Phi) is 5.72. The highest BCUT2D eigenvalue weighted by Crippen LogP contribution is 2.32.